The second-order valence-electron chi connectivity index (χ2n) is 4.05. The summed E-state index contributed by atoms with van der Waals surface area (Å²) in [5.41, 5.74) is 2.96. The maximum absolute atomic E-state index is 5.18. The maximum Gasteiger partial charge on any atom is 0.213 e. The van der Waals surface area contributed by atoms with Crippen molar-refractivity contribution in [2.24, 2.45) is 0 Å². The molecule has 0 saturated carbocycles. The third kappa shape index (κ3) is 2.20. The highest BCUT2D eigenvalue weighted by Gasteiger charge is 2.08. The van der Waals surface area contributed by atoms with Crippen molar-refractivity contribution in [2.45, 2.75) is 0 Å². The summed E-state index contributed by atoms with van der Waals surface area (Å²) in [6.07, 6.45) is 5.45. The van der Waals surface area contributed by atoms with Crippen molar-refractivity contribution in [1.82, 2.24) is 14.5 Å². The van der Waals surface area contributed by atoms with Crippen LogP contribution in [0, 0.1) is 0 Å². The predicted molar refractivity (Wildman–Crippen MR) is 73.3 cm³/mol. The van der Waals surface area contributed by atoms with E-state index in [9.17, 15) is 0 Å². The number of rotatable bonds is 3. The van der Waals surface area contributed by atoms with E-state index < -0.39 is 0 Å². The molecule has 3 rings (SSSR count). The summed E-state index contributed by atoms with van der Waals surface area (Å²) in [4.78, 5) is 8.56. The fourth-order valence-corrected chi connectivity index (χ4v) is 2.00. The van der Waals surface area contributed by atoms with Crippen molar-refractivity contribution >= 4 is 0 Å². The molecular formula is C15H13N3O. The topological polar surface area (TPSA) is 39.9 Å². The Labute approximate surface area is 111 Å². The van der Waals surface area contributed by atoms with Crippen molar-refractivity contribution in [1.29, 1.82) is 0 Å². The molecule has 0 N–H and O–H groups in total. The first-order valence-electron chi connectivity index (χ1n) is 5.97. The minimum Gasteiger partial charge on any atom is -0.481 e. The van der Waals surface area contributed by atoms with Gasteiger partial charge >= 0.3 is 0 Å². The van der Waals surface area contributed by atoms with Gasteiger partial charge in [0.15, 0.2) is 0 Å². The highest BCUT2D eigenvalue weighted by atomic mass is 16.5. The van der Waals surface area contributed by atoms with Crippen molar-refractivity contribution in [2.75, 3.05) is 7.11 Å². The number of benzene rings is 1. The van der Waals surface area contributed by atoms with E-state index in [1.54, 1.807) is 19.6 Å². The average molecular weight is 251 g/mol. The second-order valence-corrected chi connectivity index (χ2v) is 4.05. The number of para-hydroxylation sites is 1. The monoisotopic (exact) mass is 251 g/mol. The van der Waals surface area contributed by atoms with Gasteiger partial charge in [-0.3, -0.25) is 0 Å². The molecule has 4 nitrogen and oxygen atoms in total. The van der Waals surface area contributed by atoms with Gasteiger partial charge in [-0.05, 0) is 12.1 Å². The Kier molecular flexibility index (Phi) is 2.98. The van der Waals surface area contributed by atoms with E-state index in [1.807, 2.05) is 53.2 Å². The molecule has 0 atom stereocenters. The largest absolute Gasteiger partial charge is 0.481 e. The lowest BCUT2D eigenvalue weighted by Crippen LogP contribution is -1.96. The summed E-state index contributed by atoms with van der Waals surface area (Å²) in [5.74, 6) is 0.609. The van der Waals surface area contributed by atoms with Gasteiger partial charge in [0.05, 0.1) is 24.8 Å². The highest BCUT2D eigenvalue weighted by molar-refractivity contribution is 5.70. The standard InChI is InChI=1S/C15H13N3O/c1-19-15-8-4-6-13(17-15)12-5-2-3-7-14(12)18-10-9-16-11-18/h2-11H,1H3. The number of imidazole rings is 1. The van der Waals surface area contributed by atoms with E-state index in [2.05, 4.69) is 9.97 Å². The quantitative estimate of drug-likeness (QED) is 0.718. The average Bonchev–Trinajstić information content (AvgIpc) is 3.01. The van der Waals surface area contributed by atoms with Gasteiger partial charge in [-0.1, -0.05) is 24.3 Å². The first-order valence-corrected chi connectivity index (χ1v) is 5.97. The highest BCUT2D eigenvalue weighted by Crippen LogP contribution is 2.26. The predicted octanol–water partition coefficient (Wildman–Crippen LogP) is 2.94. The minimum absolute atomic E-state index is 0.609. The van der Waals surface area contributed by atoms with Crippen LogP contribution in [0.15, 0.2) is 61.2 Å². The molecular weight excluding hydrogens is 238 g/mol. The lowest BCUT2D eigenvalue weighted by atomic mass is 10.1. The summed E-state index contributed by atoms with van der Waals surface area (Å²) in [6, 6.07) is 13.8. The fraction of sp³-hybridized carbons (Fsp3) is 0.0667. The first-order chi connectivity index (χ1) is 9.38. The molecule has 2 aromatic heterocycles. The van der Waals surface area contributed by atoms with Crippen LogP contribution in [0.25, 0.3) is 16.9 Å². The number of hydrogen-bond acceptors (Lipinski definition) is 3. The Morgan fingerprint density at radius 3 is 2.74 bits per heavy atom. The molecule has 4 heteroatoms. The molecule has 0 saturated heterocycles. The number of methoxy groups -OCH3 is 1. The van der Waals surface area contributed by atoms with Gasteiger partial charge in [-0.15, -0.1) is 0 Å². The van der Waals surface area contributed by atoms with Crippen LogP contribution in [-0.4, -0.2) is 21.6 Å². The molecule has 0 aliphatic carbocycles. The Morgan fingerprint density at radius 1 is 1.05 bits per heavy atom. The third-order valence-electron chi connectivity index (χ3n) is 2.90. The summed E-state index contributed by atoms with van der Waals surface area (Å²) in [7, 11) is 1.62. The number of nitrogens with zero attached hydrogens (tertiary/aromatic N) is 3. The Balaban J connectivity index is 2.15. The number of pyridine rings is 1. The van der Waals surface area contributed by atoms with E-state index in [-0.39, 0.29) is 0 Å². The third-order valence-corrected chi connectivity index (χ3v) is 2.90. The normalized spacial score (nSPS) is 10.4. The van der Waals surface area contributed by atoms with Crippen LogP contribution in [0.4, 0.5) is 0 Å². The zero-order valence-electron chi connectivity index (χ0n) is 10.5. The molecule has 2 heterocycles. The van der Waals surface area contributed by atoms with Crippen molar-refractivity contribution in [3.8, 4) is 22.8 Å². The smallest absolute Gasteiger partial charge is 0.213 e. The number of ether oxygens (including phenoxy) is 1. The van der Waals surface area contributed by atoms with Gasteiger partial charge in [0, 0.05) is 24.0 Å². The van der Waals surface area contributed by atoms with Crippen LogP contribution in [0.1, 0.15) is 0 Å². The lowest BCUT2D eigenvalue weighted by Gasteiger charge is -2.10. The summed E-state index contributed by atoms with van der Waals surface area (Å²) < 4.78 is 7.15. The molecule has 0 spiro atoms. The van der Waals surface area contributed by atoms with E-state index in [4.69, 9.17) is 4.74 Å². The van der Waals surface area contributed by atoms with Crippen molar-refractivity contribution in [3.05, 3.63) is 61.2 Å². The Hall–Kier alpha value is -2.62. The van der Waals surface area contributed by atoms with Gasteiger partial charge in [0.25, 0.3) is 0 Å². The molecule has 0 radical (unpaired) electrons. The zero-order valence-corrected chi connectivity index (χ0v) is 10.5. The summed E-state index contributed by atoms with van der Waals surface area (Å²) >= 11 is 0. The SMILES string of the molecule is COc1cccc(-c2ccccc2-n2ccnc2)n1. The van der Waals surface area contributed by atoms with Gasteiger partial charge in [0.1, 0.15) is 0 Å². The van der Waals surface area contributed by atoms with Crippen LogP contribution >= 0.6 is 0 Å². The molecule has 0 amide bonds. The van der Waals surface area contributed by atoms with E-state index in [0.29, 0.717) is 5.88 Å². The van der Waals surface area contributed by atoms with Crippen LogP contribution in [0.3, 0.4) is 0 Å². The zero-order chi connectivity index (χ0) is 13.1. The van der Waals surface area contributed by atoms with E-state index in [1.165, 1.54) is 0 Å². The molecule has 94 valence electrons. The van der Waals surface area contributed by atoms with Crippen LogP contribution in [-0.2, 0) is 0 Å². The Morgan fingerprint density at radius 2 is 1.95 bits per heavy atom. The van der Waals surface area contributed by atoms with Gasteiger partial charge in [-0.2, -0.15) is 0 Å². The van der Waals surface area contributed by atoms with Crippen LogP contribution in [0.2, 0.25) is 0 Å². The van der Waals surface area contributed by atoms with E-state index in [0.717, 1.165) is 16.9 Å². The minimum atomic E-state index is 0.609. The van der Waals surface area contributed by atoms with Crippen LogP contribution < -0.4 is 4.74 Å². The van der Waals surface area contributed by atoms with Crippen molar-refractivity contribution < 1.29 is 4.74 Å². The number of hydrogen-bond donors (Lipinski definition) is 0. The van der Waals surface area contributed by atoms with Gasteiger partial charge in [-0.25, -0.2) is 9.97 Å². The summed E-state index contributed by atoms with van der Waals surface area (Å²) in [5, 5.41) is 0. The van der Waals surface area contributed by atoms with E-state index >= 15 is 0 Å². The van der Waals surface area contributed by atoms with Gasteiger partial charge in [0.2, 0.25) is 5.88 Å². The molecule has 19 heavy (non-hydrogen) atoms. The number of aromatic nitrogens is 3. The molecule has 0 aliphatic rings. The molecule has 0 unspecified atom stereocenters. The Bertz CT molecular complexity index is 677. The second kappa shape index (κ2) is 4.94. The first kappa shape index (κ1) is 11.5. The summed E-state index contributed by atoms with van der Waals surface area (Å²) in [6.45, 7) is 0. The molecule has 3 aromatic rings. The van der Waals surface area contributed by atoms with Crippen LogP contribution in [0.5, 0.6) is 5.88 Å². The van der Waals surface area contributed by atoms with Gasteiger partial charge < -0.3 is 9.30 Å². The van der Waals surface area contributed by atoms with Crippen molar-refractivity contribution in [3.63, 3.8) is 0 Å². The molecule has 1 aromatic carbocycles. The molecule has 0 fully saturated rings. The lowest BCUT2D eigenvalue weighted by molar-refractivity contribution is 0.398. The maximum atomic E-state index is 5.18. The molecule has 0 aliphatic heterocycles. The fourth-order valence-electron chi connectivity index (χ4n) is 2.00. The molecule has 0 bridgehead atoms.